The number of nitrogens with zero attached hydrogens (tertiary/aromatic N) is 1. The zero-order valence-electron chi connectivity index (χ0n) is 12.0. The minimum atomic E-state index is -0.336. The van der Waals surface area contributed by atoms with Crippen LogP contribution in [0.4, 0.5) is 0 Å². The van der Waals surface area contributed by atoms with Gasteiger partial charge in [-0.3, -0.25) is 4.79 Å². The van der Waals surface area contributed by atoms with Crippen LogP contribution in [-0.2, 0) is 4.79 Å². The Kier molecular flexibility index (Phi) is 4.96. The van der Waals surface area contributed by atoms with Gasteiger partial charge in [-0.15, -0.1) is 6.58 Å². The second kappa shape index (κ2) is 6.71. The van der Waals surface area contributed by atoms with Gasteiger partial charge in [0.2, 0.25) is 5.91 Å². The Labute approximate surface area is 120 Å². The first-order chi connectivity index (χ1) is 9.61. The number of hydrogen-bond donors (Lipinski definition) is 1. The van der Waals surface area contributed by atoms with Crippen molar-refractivity contribution in [3.8, 4) is 0 Å². The monoisotopic (exact) mass is 273 g/mol. The van der Waals surface area contributed by atoms with Crippen LogP contribution in [0.15, 0.2) is 43.0 Å². The SMILES string of the molecule is C=CC(CC(=O)N1CCC(C(C)O)C1)c1ccccc1. The quantitative estimate of drug-likeness (QED) is 0.838. The summed E-state index contributed by atoms with van der Waals surface area (Å²) in [4.78, 5) is 14.2. The second-order valence-corrected chi connectivity index (χ2v) is 5.59. The minimum Gasteiger partial charge on any atom is -0.393 e. The molecular weight excluding hydrogens is 250 g/mol. The number of benzene rings is 1. The Bertz CT molecular complexity index is 455. The first-order valence-corrected chi connectivity index (χ1v) is 7.25. The standard InChI is InChI=1S/C17H23NO2/c1-3-14(15-7-5-4-6-8-15)11-17(20)18-10-9-16(12-18)13(2)19/h3-8,13-14,16,19H,1,9-12H2,2H3. The lowest BCUT2D eigenvalue weighted by Crippen LogP contribution is -2.31. The lowest BCUT2D eigenvalue weighted by atomic mass is 9.95. The third-order valence-electron chi connectivity index (χ3n) is 4.17. The van der Waals surface area contributed by atoms with Crippen LogP contribution >= 0.6 is 0 Å². The Morgan fingerprint density at radius 3 is 2.75 bits per heavy atom. The fourth-order valence-electron chi connectivity index (χ4n) is 2.76. The van der Waals surface area contributed by atoms with Gasteiger partial charge < -0.3 is 10.0 Å². The van der Waals surface area contributed by atoms with Crippen LogP contribution in [0, 0.1) is 5.92 Å². The van der Waals surface area contributed by atoms with E-state index in [1.807, 2.05) is 41.3 Å². The third kappa shape index (κ3) is 3.48. The number of rotatable bonds is 5. The molecule has 20 heavy (non-hydrogen) atoms. The molecule has 1 aliphatic heterocycles. The lowest BCUT2D eigenvalue weighted by molar-refractivity contribution is -0.130. The molecule has 0 saturated carbocycles. The summed E-state index contributed by atoms with van der Waals surface area (Å²) in [5.41, 5.74) is 1.13. The van der Waals surface area contributed by atoms with E-state index in [1.54, 1.807) is 6.92 Å². The van der Waals surface area contributed by atoms with Crippen LogP contribution in [-0.4, -0.2) is 35.1 Å². The van der Waals surface area contributed by atoms with Crippen molar-refractivity contribution in [1.29, 1.82) is 0 Å². The fourth-order valence-corrected chi connectivity index (χ4v) is 2.76. The third-order valence-corrected chi connectivity index (χ3v) is 4.17. The van der Waals surface area contributed by atoms with Crippen LogP contribution < -0.4 is 0 Å². The van der Waals surface area contributed by atoms with Crippen LogP contribution in [0.1, 0.15) is 31.2 Å². The number of allylic oxidation sites excluding steroid dienone is 1. The Balaban J connectivity index is 1.95. The van der Waals surface area contributed by atoms with E-state index < -0.39 is 0 Å². The summed E-state index contributed by atoms with van der Waals surface area (Å²) < 4.78 is 0. The normalized spacial score (nSPS) is 21.5. The number of aliphatic hydroxyl groups is 1. The van der Waals surface area contributed by atoms with Gasteiger partial charge in [0.15, 0.2) is 0 Å². The van der Waals surface area contributed by atoms with Gasteiger partial charge in [0, 0.05) is 31.3 Å². The number of hydrogen-bond acceptors (Lipinski definition) is 2. The van der Waals surface area contributed by atoms with E-state index >= 15 is 0 Å². The van der Waals surface area contributed by atoms with Crippen LogP contribution in [0.25, 0.3) is 0 Å². The van der Waals surface area contributed by atoms with Crippen molar-refractivity contribution in [1.82, 2.24) is 4.90 Å². The molecule has 1 N–H and O–H groups in total. The van der Waals surface area contributed by atoms with Crippen LogP contribution in [0.5, 0.6) is 0 Å². The number of aliphatic hydroxyl groups excluding tert-OH is 1. The van der Waals surface area contributed by atoms with Gasteiger partial charge in [-0.1, -0.05) is 36.4 Å². The van der Waals surface area contributed by atoms with Crippen molar-refractivity contribution < 1.29 is 9.90 Å². The average Bonchev–Trinajstić information content (AvgIpc) is 2.95. The van der Waals surface area contributed by atoms with Gasteiger partial charge in [-0.25, -0.2) is 0 Å². The van der Waals surface area contributed by atoms with Gasteiger partial charge in [-0.05, 0) is 18.9 Å². The highest BCUT2D eigenvalue weighted by Crippen LogP contribution is 2.25. The van der Waals surface area contributed by atoms with Gasteiger partial charge in [0.05, 0.1) is 6.10 Å². The van der Waals surface area contributed by atoms with Gasteiger partial charge >= 0.3 is 0 Å². The van der Waals surface area contributed by atoms with Crippen LogP contribution in [0.2, 0.25) is 0 Å². The summed E-state index contributed by atoms with van der Waals surface area (Å²) in [5, 5.41) is 9.60. The lowest BCUT2D eigenvalue weighted by Gasteiger charge is -2.20. The highest BCUT2D eigenvalue weighted by molar-refractivity contribution is 5.77. The molecule has 1 heterocycles. The maximum absolute atomic E-state index is 12.4. The topological polar surface area (TPSA) is 40.5 Å². The van der Waals surface area contributed by atoms with Crippen molar-refractivity contribution >= 4 is 5.91 Å². The van der Waals surface area contributed by atoms with Crippen molar-refractivity contribution in [2.45, 2.75) is 31.8 Å². The van der Waals surface area contributed by atoms with E-state index in [0.29, 0.717) is 13.0 Å². The zero-order chi connectivity index (χ0) is 14.5. The summed E-state index contributed by atoms with van der Waals surface area (Å²) in [7, 11) is 0. The van der Waals surface area contributed by atoms with Crippen molar-refractivity contribution in [3.05, 3.63) is 48.6 Å². The predicted octanol–water partition coefficient (Wildman–Crippen LogP) is 2.58. The van der Waals surface area contributed by atoms with E-state index in [1.165, 1.54) is 0 Å². The van der Waals surface area contributed by atoms with Crippen LogP contribution in [0.3, 0.4) is 0 Å². The van der Waals surface area contributed by atoms with E-state index in [2.05, 4.69) is 6.58 Å². The summed E-state index contributed by atoms with van der Waals surface area (Å²) in [6.45, 7) is 7.08. The number of likely N-dealkylation sites (tertiary alicyclic amines) is 1. The van der Waals surface area contributed by atoms with E-state index in [0.717, 1.165) is 18.5 Å². The molecule has 2 rings (SSSR count). The van der Waals surface area contributed by atoms with Crippen molar-refractivity contribution in [2.24, 2.45) is 5.92 Å². The van der Waals surface area contributed by atoms with E-state index in [4.69, 9.17) is 0 Å². The molecule has 1 amide bonds. The maximum atomic E-state index is 12.4. The van der Waals surface area contributed by atoms with Gasteiger partial charge in [-0.2, -0.15) is 0 Å². The first-order valence-electron chi connectivity index (χ1n) is 7.25. The molecule has 0 bridgehead atoms. The predicted molar refractivity (Wildman–Crippen MR) is 80.4 cm³/mol. The molecule has 3 nitrogen and oxygen atoms in total. The summed E-state index contributed by atoms with van der Waals surface area (Å²) in [5.74, 6) is 0.439. The number of carbonyl (C=O) groups is 1. The smallest absolute Gasteiger partial charge is 0.223 e. The molecular formula is C17H23NO2. The highest BCUT2D eigenvalue weighted by atomic mass is 16.3. The van der Waals surface area contributed by atoms with E-state index in [9.17, 15) is 9.90 Å². The van der Waals surface area contributed by atoms with Crippen molar-refractivity contribution in [3.63, 3.8) is 0 Å². The first kappa shape index (κ1) is 14.8. The zero-order valence-corrected chi connectivity index (χ0v) is 12.0. The molecule has 0 spiro atoms. The molecule has 0 aliphatic carbocycles. The maximum Gasteiger partial charge on any atom is 0.223 e. The molecule has 1 saturated heterocycles. The molecule has 1 fully saturated rings. The molecule has 0 aromatic heterocycles. The number of amides is 1. The Hall–Kier alpha value is -1.61. The number of carbonyl (C=O) groups excluding carboxylic acids is 1. The summed E-state index contributed by atoms with van der Waals surface area (Å²) in [6.07, 6.45) is 2.86. The summed E-state index contributed by atoms with van der Waals surface area (Å²) in [6, 6.07) is 9.99. The Morgan fingerprint density at radius 2 is 2.20 bits per heavy atom. The molecule has 3 unspecified atom stereocenters. The largest absolute Gasteiger partial charge is 0.393 e. The molecule has 0 radical (unpaired) electrons. The molecule has 3 heteroatoms. The molecule has 1 aromatic carbocycles. The Morgan fingerprint density at radius 1 is 1.50 bits per heavy atom. The molecule has 1 aromatic rings. The minimum absolute atomic E-state index is 0.0642. The van der Waals surface area contributed by atoms with Gasteiger partial charge in [0.1, 0.15) is 0 Å². The summed E-state index contributed by atoms with van der Waals surface area (Å²) >= 11 is 0. The molecule has 3 atom stereocenters. The average molecular weight is 273 g/mol. The van der Waals surface area contributed by atoms with Gasteiger partial charge in [0.25, 0.3) is 0 Å². The van der Waals surface area contributed by atoms with Crippen molar-refractivity contribution in [2.75, 3.05) is 13.1 Å². The van der Waals surface area contributed by atoms with E-state index in [-0.39, 0.29) is 23.8 Å². The molecule has 1 aliphatic rings. The fraction of sp³-hybridized carbons (Fsp3) is 0.471. The molecule has 108 valence electrons. The highest BCUT2D eigenvalue weighted by Gasteiger charge is 2.29. The second-order valence-electron chi connectivity index (χ2n) is 5.59.